The molecule has 0 atom stereocenters. The second-order valence-electron chi connectivity index (χ2n) is 4.65. The summed E-state index contributed by atoms with van der Waals surface area (Å²) in [6.45, 7) is 4.27. The highest BCUT2D eigenvalue weighted by Gasteiger charge is 2.21. The average Bonchev–Trinajstić information content (AvgIpc) is 2.48. The van der Waals surface area contributed by atoms with E-state index in [2.05, 4.69) is 32.2 Å². The molecular formula is C14H20BrN3O2. The number of piperazine rings is 1. The van der Waals surface area contributed by atoms with Gasteiger partial charge in [0.15, 0.2) is 0 Å². The molecule has 1 saturated heterocycles. The lowest BCUT2D eigenvalue weighted by Gasteiger charge is -2.36. The molecule has 2 amide bonds. The third-order valence-corrected chi connectivity index (χ3v) is 4.01. The summed E-state index contributed by atoms with van der Waals surface area (Å²) >= 11 is 3.57. The first-order valence-electron chi connectivity index (χ1n) is 6.73. The van der Waals surface area contributed by atoms with Crippen molar-refractivity contribution in [1.82, 2.24) is 10.2 Å². The maximum absolute atomic E-state index is 11.9. The third-order valence-electron chi connectivity index (χ3n) is 3.34. The summed E-state index contributed by atoms with van der Waals surface area (Å²) in [6.07, 6.45) is 0. The number of halogens is 1. The van der Waals surface area contributed by atoms with Crippen LogP contribution in [0.5, 0.6) is 0 Å². The normalized spacial score (nSPS) is 15.3. The molecular weight excluding hydrogens is 322 g/mol. The van der Waals surface area contributed by atoms with E-state index in [1.165, 1.54) is 5.69 Å². The first-order valence-corrected chi connectivity index (χ1v) is 7.53. The highest BCUT2D eigenvalue weighted by molar-refractivity contribution is 9.10. The number of carbonyl (C=O) groups excluding carboxylic acids is 1. The predicted molar refractivity (Wildman–Crippen MR) is 83.2 cm³/mol. The van der Waals surface area contributed by atoms with E-state index in [1.54, 1.807) is 7.11 Å². The van der Waals surface area contributed by atoms with Crippen LogP contribution in [0.4, 0.5) is 10.5 Å². The van der Waals surface area contributed by atoms with Crippen LogP contribution in [0.25, 0.3) is 0 Å². The molecule has 1 aromatic rings. The maximum Gasteiger partial charge on any atom is 0.317 e. The van der Waals surface area contributed by atoms with Gasteiger partial charge in [0, 0.05) is 44.3 Å². The lowest BCUT2D eigenvalue weighted by molar-refractivity contribution is 0.177. The molecule has 0 spiro atoms. The van der Waals surface area contributed by atoms with Crippen molar-refractivity contribution in [2.45, 2.75) is 0 Å². The van der Waals surface area contributed by atoms with Gasteiger partial charge in [0.2, 0.25) is 0 Å². The number of ether oxygens (including phenoxy) is 1. The number of hydrogen-bond donors (Lipinski definition) is 1. The third kappa shape index (κ3) is 3.86. The number of para-hydroxylation sites is 1. The molecule has 0 unspecified atom stereocenters. The molecule has 1 aliphatic rings. The fraction of sp³-hybridized carbons (Fsp3) is 0.500. The Hall–Kier alpha value is -1.27. The van der Waals surface area contributed by atoms with E-state index in [0.29, 0.717) is 13.2 Å². The fourth-order valence-corrected chi connectivity index (χ4v) is 2.77. The number of hydrogen-bond acceptors (Lipinski definition) is 3. The van der Waals surface area contributed by atoms with Crippen LogP contribution >= 0.6 is 15.9 Å². The number of anilines is 1. The quantitative estimate of drug-likeness (QED) is 0.851. The fourth-order valence-electron chi connectivity index (χ4n) is 2.23. The van der Waals surface area contributed by atoms with Crippen LogP contribution in [0.2, 0.25) is 0 Å². The van der Waals surface area contributed by atoms with Gasteiger partial charge < -0.3 is 19.9 Å². The number of nitrogens with one attached hydrogen (secondary N) is 1. The minimum Gasteiger partial charge on any atom is -0.383 e. The van der Waals surface area contributed by atoms with E-state index < -0.39 is 0 Å². The van der Waals surface area contributed by atoms with Gasteiger partial charge in [-0.05, 0) is 28.1 Å². The number of amides is 2. The number of carbonyl (C=O) groups is 1. The first kappa shape index (κ1) is 15.1. The molecule has 2 rings (SSSR count). The van der Waals surface area contributed by atoms with Crippen LogP contribution in [0, 0.1) is 0 Å². The lowest BCUT2D eigenvalue weighted by Crippen LogP contribution is -2.52. The van der Waals surface area contributed by atoms with E-state index in [9.17, 15) is 4.79 Å². The van der Waals surface area contributed by atoms with Gasteiger partial charge in [0.1, 0.15) is 0 Å². The van der Waals surface area contributed by atoms with E-state index >= 15 is 0 Å². The molecule has 1 aliphatic heterocycles. The zero-order valence-electron chi connectivity index (χ0n) is 11.6. The van der Waals surface area contributed by atoms with Crippen molar-refractivity contribution in [2.24, 2.45) is 0 Å². The topological polar surface area (TPSA) is 44.8 Å². The summed E-state index contributed by atoms with van der Waals surface area (Å²) in [4.78, 5) is 16.1. The van der Waals surface area contributed by atoms with Gasteiger partial charge in [-0.25, -0.2) is 4.79 Å². The molecule has 110 valence electrons. The van der Waals surface area contributed by atoms with Gasteiger partial charge in [-0.1, -0.05) is 12.1 Å². The molecule has 0 saturated carbocycles. The first-order chi connectivity index (χ1) is 9.72. The van der Waals surface area contributed by atoms with Crippen LogP contribution in [0.1, 0.15) is 0 Å². The summed E-state index contributed by atoms with van der Waals surface area (Å²) < 4.78 is 6.02. The highest BCUT2D eigenvalue weighted by atomic mass is 79.9. The molecule has 0 aliphatic carbocycles. The Morgan fingerprint density at radius 3 is 2.65 bits per heavy atom. The van der Waals surface area contributed by atoms with Gasteiger partial charge in [-0.15, -0.1) is 0 Å². The number of methoxy groups -OCH3 is 1. The lowest BCUT2D eigenvalue weighted by atomic mass is 10.2. The van der Waals surface area contributed by atoms with Crippen LogP contribution in [-0.4, -0.2) is 57.4 Å². The van der Waals surface area contributed by atoms with Crippen molar-refractivity contribution in [1.29, 1.82) is 0 Å². The van der Waals surface area contributed by atoms with Crippen molar-refractivity contribution in [2.75, 3.05) is 51.3 Å². The molecule has 1 fully saturated rings. The van der Waals surface area contributed by atoms with Gasteiger partial charge in [0.05, 0.1) is 12.3 Å². The molecule has 0 bridgehead atoms. The second kappa shape index (κ2) is 7.50. The van der Waals surface area contributed by atoms with Crippen LogP contribution in [0.15, 0.2) is 28.7 Å². The molecule has 6 heteroatoms. The van der Waals surface area contributed by atoms with Gasteiger partial charge in [-0.2, -0.15) is 0 Å². The van der Waals surface area contributed by atoms with E-state index in [1.807, 2.05) is 23.1 Å². The summed E-state index contributed by atoms with van der Waals surface area (Å²) in [5, 5.41) is 2.85. The number of nitrogens with zero attached hydrogens (tertiary/aromatic N) is 2. The highest BCUT2D eigenvalue weighted by Crippen LogP contribution is 2.26. The smallest absolute Gasteiger partial charge is 0.317 e. The summed E-state index contributed by atoms with van der Waals surface area (Å²) in [7, 11) is 1.63. The molecule has 5 nitrogen and oxygen atoms in total. The Kier molecular flexibility index (Phi) is 5.67. The minimum atomic E-state index is -0.00572. The van der Waals surface area contributed by atoms with Gasteiger partial charge in [-0.3, -0.25) is 0 Å². The van der Waals surface area contributed by atoms with Crippen molar-refractivity contribution in [3.63, 3.8) is 0 Å². The van der Waals surface area contributed by atoms with Gasteiger partial charge in [0.25, 0.3) is 0 Å². The largest absolute Gasteiger partial charge is 0.383 e. The molecule has 20 heavy (non-hydrogen) atoms. The molecule has 1 aromatic carbocycles. The van der Waals surface area contributed by atoms with Crippen LogP contribution in [-0.2, 0) is 4.74 Å². The van der Waals surface area contributed by atoms with Crippen molar-refractivity contribution in [3.05, 3.63) is 28.7 Å². The van der Waals surface area contributed by atoms with E-state index in [0.717, 1.165) is 30.7 Å². The average molecular weight is 342 g/mol. The Morgan fingerprint density at radius 2 is 2.00 bits per heavy atom. The zero-order chi connectivity index (χ0) is 14.4. The monoisotopic (exact) mass is 341 g/mol. The second-order valence-corrected chi connectivity index (χ2v) is 5.50. The minimum absolute atomic E-state index is 0.00572. The van der Waals surface area contributed by atoms with E-state index in [-0.39, 0.29) is 6.03 Å². The van der Waals surface area contributed by atoms with Crippen molar-refractivity contribution in [3.8, 4) is 0 Å². The SMILES string of the molecule is COCCNC(=O)N1CCN(c2ccccc2Br)CC1. The Bertz CT molecular complexity index is 448. The molecule has 1 N–H and O–H groups in total. The van der Waals surface area contributed by atoms with Crippen LogP contribution in [0.3, 0.4) is 0 Å². The Morgan fingerprint density at radius 1 is 1.30 bits per heavy atom. The number of benzene rings is 1. The predicted octanol–water partition coefficient (Wildman–Crippen LogP) is 1.93. The summed E-state index contributed by atoms with van der Waals surface area (Å²) in [5.41, 5.74) is 1.19. The van der Waals surface area contributed by atoms with Crippen molar-refractivity contribution < 1.29 is 9.53 Å². The zero-order valence-corrected chi connectivity index (χ0v) is 13.2. The molecule has 0 radical (unpaired) electrons. The van der Waals surface area contributed by atoms with E-state index in [4.69, 9.17) is 4.74 Å². The molecule has 0 aromatic heterocycles. The summed E-state index contributed by atoms with van der Waals surface area (Å²) in [6, 6.07) is 8.17. The summed E-state index contributed by atoms with van der Waals surface area (Å²) in [5.74, 6) is 0. The van der Waals surface area contributed by atoms with Crippen molar-refractivity contribution >= 4 is 27.6 Å². The molecule has 1 heterocycles. The Balaban J connectivity index is 1.83. The van der Waals surface area contributed by atoms with Crippen LogP contribution < -0.4 is 10.2 Å². The standard InChI is InChI=1S/C14H20BrN3O2/c1-20-11-6-16-14(19)18-9-7-17(8-10-18)13-5-3-2-4-12(13)15/h2-5H,6-11H2,1H3,(H,16,19). The Labute approximate surface area is 128 Å². The number of urea groups is 1. The van der Waals surface area contributed by atoms with Gasteiger partial charge >= 0.3 is 6.03 Å². The number of rotatable bonds is 4. The maximum atomic E-state index is 11.9.